The number of piperazine rings is 1. The number of methoxy groups -OCH3 is 1. The lowest BCUT2D eigenvalue weighted by Crippen LogP contribution is -2.44. The first-order valence-electron chi connectivity index (χ1n) is 9.92. The fraction of sp³-hybridized carbons (Fsp3) is 0.400. The molecule has 3 N–H and O–H groups in total. The van der Waals surface area contributed by atoms with E-state index in [1.54, 1.807) is 7.11 Å². The number of halogens is 1. The maximum Gasteiger partial charge on any atom is 0.261 e. The summed E-state index contributed by atoms with van der Waals surface area (Å²) < 4.78 is 32.9. The molecule has 0 aliphatic carbocycles. The number of anilines is 2. The molecule has 9 nitrogen and oxygen atoms in total. The average Bonchev–Trinajstić information content (AvgIpc) is 2.77. The Morgan fingerprint density at radius 2 is 1.97 bits per heavy atom. The summed E-state index contributed by atoms with van der Waals surface area (Å²) in [5.74, 6) is 0.213. The number of ether oxygens (including phenoxy) is 1. The first-order valence-corrected chi connectivity index (χ1v) is 11.8. The Hall–Kier alpha value is -2.40. The molecule has 0 bridgehead atoms. The minimum Gasteiger partial charge on any atom is -0.385 e. The van der Waals surface area contributed by atoms with Gasteiger partial charge in [-0.05, 0) is 36.8 Å². The zero-order valence-electron chi connectivity index (χ0n) is 17.2. The molecule has 1 amide bonds. The predicted octanol–water partition coefficient (Wildman–Crippen LogP) is 1.71. The van der Waals surface area contributed by atoms with Crippen molar-refractivity contribution in [3.8, 4) is 0 Å². The summed E-state index contributed by atoms with van der Waals surface area (Å²) in [5.41, 5.74) is 0.520. The summed E-state index contributed by atoms with van der Waals surface area (Å²) in [4.78, 5) is 19.4. The van der Waals surface area contributed by atoms with Crippen LogP contribution in [0.2, 0.25) is 5.02 Å². The van der Waals surface area contributed by atoms with Crippen LogP contribution >= 0.6 is 11.6 Å². The number of carbonyl (C=O) groups excluding carboxylic acids is 1. The van der Waals surface area contributed by atoms with E-state index in [1.807, 2.05) is 4.90 Å². The maximum atomic E-state index is 12.9. The zero-order valence-corrected chi connectivity index (χ0v) is 18.8. The van der Waals surface area contributed by atoms with Gasteiger partial charge in [-0.2, -0.15) is 0 Å². The summed E-state index contributed by atoms with van der Waals surface area (Å²) in [6.45, 7) is 3.93. The molecule has 2 aromatic rings. The lowest BCUT2D eigenvalue weighted by Gasteiger charge is -2.30. The minimum absolute atomic E-state index is 0.0636. The number of amides is 1. The number of sulfonamides is 1. The normalized spacial score (nSPS) is 14.3. The van der Waals surface area contributed by atoms with Crippen LogP contribution in [0.4, 0.5) is 11.5 Å². The van der Waals surface area contributed by atoms with Crippen LogP contribution in [-0.2, 0) is 14.8 Å². The van der Waals surface area contributed by atoms with E-state index in [-0.39, 0.29) is 16.5 Å². The smallest absolute Gasteiger partial charge is 0.261 e. The van der Waals surface area contributed by atoms with Crippen LogP contribution < -0.4 is 20.3 Å². The highest BCUT2D eigenvalue weighted by Gasteiger charge is 2.22. The van der Waals surface area contributed by atoms with Gasteiger partial charge in [-0.25, -0.2) is 13.4 Å². The Labute approximate surface area is 187 Å². The summed E-state index contributed by atoms with van der Waals surface area (Å²) >= 11 is 5.84. The van der Waals surface area contributed by atoms with Crippen molar-refractivity contribution in [3.63, 3.8) is 0 Å². The highest BCUT2D eigenvalue weighted by atomic mass is 35.5. The van der Waals surface area contributed by atoms with Crippen LogP contribution in [0.25, 0.3) is 0 Å². The lowest BCUT2D eigenvalue weighted by atomic mass is 10.2. The highest BCUT2D eigenvalue weighted by Crippen LogP contribution is 2.24. The van der Waals surface area contributed by atoms with E-state index in [4.69, 9.17) is 16.3 Å². The van der Waals surface area contributed by atoms with Gasteiger partial charge in [-0.1, -0.05) is 11.6 Å². The van der Waals surface area contributed by atoms with Gasteiger partial charge in [0.25, 0.3) is 15.9 Å². The van der Waals surface area contributed by atoms with Crippen molar-refractivity contribution in [2.45, 2.75) is 11.3 Å². The van der Waals surface area contributed by atoms with Crippen LogP contribution in [0.5, 0.6) is 0 Å². The Balaban J connectivity index is 1.85. The summed E-state index contributed by atoms with van der Waals surface area (Å²) in [7, 11) is -2.25. The number of benzene rings is 1. The quantitative estimate of drug-likeness (QED) is 0.481. The third-order valence-corrected chi connectivity index (χ3v) is 6.36. The molecule has 11 heteroatoms. The van der Waals surface area contributed by atoms with Crippen molar-refractivity contribution in [1.82, 2.24) is 15.6 Å². The number of carbonyl (C=O) groups is 1. The summed E-state index contributed by atoms with van der Waals surface area (Å²) in [6.07, 6.45) is 2.09. The number of hydrogen-bond donors (Lipinski definition) is 3. The molecule has 1 aliphatic rings. The fourth-order valence-electron chi connectivity index (χ4n) is 3.15. The van der Waals surface area contributed by atoms with E-state index in [1.165, 1.54) is 36.5 Å². The molecule has 0 saturated carbocycles. The van der Waals surface area contributed by atoms with Crippen molar-refractivity contribution in [2.75, 3.05) is 56.1 Å². The van der Waals surface area contributed by atoms with Gasteiger partial charge < -0.3 is 20.3 Å². The second kappa shape index (κ2) is 10.8. The van der Waals surface area contributed by atoms with Gasteiger partial charge in [0.05, 0.1) is 22.3 Å². The predicted molar refractivity (Wildman–Crippen MR) is 120 cm³/mol. The van der Waals surface area contributed by atoms with Gasteiger partial charge in [0.15, 0.2) is 0 Å². The molecule has 2 heterocycles. The Morgan fingerprint density at radius 1 is 1.26 bits per heavy atom. The topological polar surface area (TPSA) is 113 Å². The molecular weight excluding hydrogens is 442 g/mol. The molecule has 1 aliphatic heterocycles. The van der Waals surface area contributed by atoms with Crippen molar-refractivity contribution < 1.29 is 17.9 Å². The average molecular weight is 468 g/mol. The molecule has 0 spiro atoms. The molecule has 31 heavy (non-hydrogen) atoms. The molecule has 0 unspecified atom stereocenters. The third-order valence-electron chi connectivity index (χ3n) is 4.71. The Kier molecular flexibility index (Phi) is 8.08. The van der Waals surface area contributed by atoms with Gasteiger partial charge in [-0.3, -0.25) is 9.52 Å². The number of pyridine rings is 1. The van der Waals surface area contributed by atoms with Gasteiger partial charge in [0, 0.05) is 51.5 Å². The summed E-state index contributed by atoms with van der Waals surface area (Å²) in [5, 5.41) is 6.55. The molecule has 1 saturated heterocycles. The Bertz CT molecular complexity index is 995. The SMILES string of the molecule is COCCCNC(=O)c1cc(NS(=O)(=O)c2ccc(Cl)cc2)cnc1N1CCNCC1. The third kappa shape index (κ3) is 6.30. The van der Waals surface area contributed by atoms with Crippen molar-refractivity contribution in [1.29, 1.82) is 0 Å². The summed E-state index contributed by atoms with van der Waals surface area (Å²) in [6, 6.07) is 7.35. The monoisotopic (exact) mass is 467 g/mol. The van der Waals surface area contributed by atoms with Crippen LogP contribution in [0.1, 0.15) is 16.8 Å². The number of nitrogens with one attached hydrogen (secondary N) is 3. The largest absolute Gasteiger partial charge is 0.385 e. The van der Waals surface area contributed by atoms with Gasteiger partial charge in [0.2, 0.25) is 0 Å². The first kappa shape index (κ1) is 23.3. The Morgan fingerprint density at radius 3 is 2.65 bits per heavy atom. The van der Waals surface area contributed by atoms with Crippen LogP contribution in [0, 0.1) is 0 Å². The molecular formula is C20H26ClN5O4S. The maximum absolute atomic E-state index is 12.9. The second-order valence-corrected chi connectivity index (χ2v) is 9.11. The van der Waals surface area contributed by atoms with Crippen molar-refractivity contribution >= 4 is 39.0 Å². The number of nitrogens with zero attached hydrogens (tertiary/aromatic N) is 2. The minimum atomic E-state index is -3.86. The molecule has 1 aromatic carbocycles. The van der Waals surface area contributed by atoms with Crippen LogP contribution in [0.15, 0.2) is 41.4 Å². The second-order valence-electron chi connectivity index (χ2n) is 6.99. The first-order chi connectivity index (χ1) is 14.9. The van der Waals surface area contributed by atoms with Gasteiger partial charge >= 0.3 is 0 Å². The zero-order chi connectivity index (χ0) is 22.3. The van der Waals surface area contributed by atoms with Gasteiger partial charge in [-0.15, -0.1) is 0 Å². The molecule has 1 aromatic heterocycles. The van der Waals surface area contributed by atoms with Crippen LogP contribution in [0.3, 0.4) is 0 Å². The van der Waals surface area contributed by atoms with E-state index in [0.29, 0.717) is 49.1 Å². The molecule has 3 rings (SSSR count). The number of hydrogen-bond acceptors (Lipinski definition) is 7. The standard InChI is InChI=1S/C20H26ClN5O4S/c1-30-12-2-7-23-20(27)18-13-16(14-24-19(18)26-10-8-22-9-11-26)25-31(28,29)17-5-3-15(21)4-6-17/h3-6,13-14,22,25H,2,7-12H2,1H3,(H,23,27). The van der Waals surface area contributed by atoms with Crippen molar-refractivity contribution in [3.05, 3.63) is 47.1 Å². The fourth-order valence-corrected chi connectivity index (χ4v) is 4.31. The van der Waals surface area contributed by atoms with E-state index in [9.17, 15) is 13.2 Å². The molecule has 168 valence electrons. The van der Waals surface area contributed by atoms with Crippen molar-refractivity contribution in [2.24, 2.45) is 0 Å². The molecule has 1 fully saturated rings. The van der Waals surface area contributed by atoms with Gasteiger partial charge in [0.1, 0.15) is 5.82 Å². The highest BCUT2D eigenvalue weighted by molar-refractivity contribution is 7.92. The molecule has 0 atom stereocenters. The van der Waals surface area contributed by atoms with E-state index >= 15 is 0 Å². The van der Waals surface area contributed by atoms with E-state index in [0.717, 1.165) is 13.1 Å². The van der Waals surface area contributed by atoms with E-state index in [2.05, 4.69) is 20.3 Å². The van der Waals surface area contributed by atoms with Crippen LogP contribution in [-0.4, -0.2) is 65.7 Å². The number of rotatable bonds is 9. The lowest BCUT2D eigenvalue weighted by molar-refractivity contribution is 0.0948. The number of aromatic nitrogens is 1. The molecule has 0 radical (unpaired) electrons. The van der Waals surface area contributed by atoms with E-state index < -0.39 is 10.0 Å².